The minimum atomic E-state index is 0.191. The van der Waals surface area contributed by atoms with Crippen LogP contribution in [0.15, 0.2) is 58.8 Å². The van der Waals surface area contributed by atoms with E-state index in [9.17, 15) is 0 Å². The van der Waals surface area contributed by atoms with Gasteiger partial charge in [-0.2, -0.15) is 0 Å². The summed E-state index contributed by atoms with van der Waals surface area (Å²) >= 11 is 9.56. The van der Waals surface area contributed by atoms with Crippen molar-refractivity contribution < 1.29 is 18.9 Å². The van der Waals surface area contributed by atoms with Crippen molar-refractivity contribution in [2.24, 2.45) is 10.2 Å². The Morgan fingerprint density at radius 3 is 1.21 bits per heavy atom. The molecular formula is C36H36I4N4O4. The maximum atomic E-state index is 5.61. The predicted octanol–water partition coefficient (Wildman–Crippen LogP) is 9.41. The van der Waals surface area contributed by atoms with Crippen molar-refractivity contribution >= 4 is 102 Å². The van der Waals surface area contributed by atoms with Gasteiger partial charge in [-0.05, 0) is 211 Å². The summed E-state index contributed by atoms with van der Waals surface area (Å²) in [6.07, 6.45) is 3.67. The maximum absolute atomic E-state index is 5.61. The van der Waals surface area contributed by atoms with E-state index in [1.165, 1.54) is 33.4 Å². The lowest BCUT2D eigenvalue weighted by molar-refractivity contribution is 0.352. The van der Waals surface area contributed by atoms with E-state index in [1.807, 2.05) is 0 Å². The first-order valence-electron chi connectivity index (χ1n) is 15.6. The zero-order valence-corrected chi connectivity index (χ0v) is 35.7. The lowest BCUT2D eigenvalue weighted by Crippen LogP contribution is -2.31. The Labute approximate surface area is 336 Å². The Kier molecular flexibility index (Phi) is 12.3. The van der Waals surface area contributed by atoms with Gasteiger partial charge in [0.25, 0.3) is 0 Å². The van der Waals surface area contributed by atoms with Crippen molar-refractivity contribution in [2.75, 3.05) is 41.5 Å². The van der Waals surface area contributed by atoms with Gasteiger partial charge >= 0.3 is 0 Å². The van der Waals surface area contributed by atoms with Crippen LogP contribution in [0.25, 0.3) is 0 Å². The molecule has 4 aromatic rings. The van der Waals surface area contributed by atoms with E-state index in [1.54, 1.807) is 28.4 Å². The Balaban J connectivity index is 1.19. The molecular weight excluding hydrogens is 1060 g/mol. The third-order valence-electron chi connectivity index (χ3n) is 8.89. The standard InChI is InChI=1S/C36H36I4N4O4/c1-45-31-15-21-5-7-41-29(23(21)17-33(31)47-3)13-19-9-25(37)35(26(38)10-19)43-44-36-27(39)11-20(12-28(36)40)14-30-24-18-34(48-4)32(46-2)16-22(24)6-8-42-30/h9-12,15-18,29-30,41-42H,5-8,13-14H2,1-4H3. The topological polar surface area (TPSA) is 85.7 Å². The van der Waals surface area contributed by atoms with Crippen LogP contribution in [-0.2, 0) is 25.7 Å². The van der Waals surface area contributed by atoms with Gasteiger partial charge in [-0.25, -0.2) is 0 Å². The number of methoxy groups -OCH3 is 4. The molecule has 2 aliphatic heterocycles. The molecule has 0 aromatic heterocycles. The quantitative estimate of drug-likeness (QED) is 0.122. The summed E-state index contributed by atoms with van der Waals surface area (Å²) < 4.78 is 26.7. The SMILES string of the molecule is COc1cc2c(cc1OC)C(Cc1cc(I)c(N=Nc3c(I)cc(CC4NCCc5cc(OC)c(OC)cc54)cc3I)c(I)c1)NCC2. The number of fused-ring (bicyclic) bond motifs is 2. The Hall–Kier alpha value is -1.48. The van der Waals surface area contributed by atoms with Crippen molar-refractivity contribution in [1.29, 1.82) is 0 Å². The zero-order valence-electron chi connectivity index (χ0n) is 27.1. The van der Waals surface area contributed by atoms with Crippen LogP contribution in [0.5, 0.6) is 23.0 Å². The van der Waals surface area contributed by atoms with Gasteiger partial charge in [0.1, 0.15) is 11.4 Å². The molecule has 48 heavy (non-hydrogen) atoms. The molecule has 2 aliphatic rings. The van der Waals surface area contributed by atoms with Gasteiger partial charge in [-0.3, -0.25) is 0 Å². The number of benzene rings is 4. The van der Waals surface area contributed by atoms with E-state index in [4.69, 9.17) is 29.2 Å². The average Bonchev–Trinajstić information content (AvgIpc) is 3.07. The molecule has 2 N–H and O–H groups in total. The van der Waals surface area contributed by atoms with Crippen LogP contribution in [0, 0.1) is 14.3 Å². The van der Waals surface area contributed by atoms with Crippen LogP contribution in [0.2, 0.25) is 0 Å². The summed E-state index contributed by atoms with van der Waals surface area (Å²) in [4.78, 5) is 0. The van der Waals surface area contributed by atoms with Crippen molar-refractivity contribution in [3.63, 3.8) is 0 Å². The number of nitrogens with zero attached hydrogens (tertiary/aromatic N) is 2. The Morgan fingerprint density at radius 1 is 0.542 bits per heavy atom. The molecule has 2 unspecified atom stereocenters. The monoisotopic (exact) mass is 1100 g/mol. The first-order chi connectivity index (χ1) is 23.2. The van der Waals surface area contributed by atoms with E-state index >= 15 is 0 Å². The number of halogens is 4. The highest BCUT2D eigenvalue weighted by Gasteiger charge is 2.25. The molecule has 0 fully saturated rings. The number of ether oxygens (including phenoxy) is 4. The van der Waals surface area contributed by atoms with Crippen LogP contribution >= 0.6 is 90.4 Å². The van der Waals surface area contributed by atoms with Gasteiger partial charge in [0.15, 0.2) is 23.0 Å². The second-order valence-electron chi connectivity index (χ2n) is 11.7. The van der Waals surface area contributed by atoms with Crippen LogP contribution in [0.4, 0.5) is 11.4 Å². The number of hydrogen-bond donors (Lipinski definition) is 2. The normalized spacial score (nSPS) is 17.2. The molecule has 0 bridgehead atoms. The smallest absolute Gasteiger partial charge is 0.161 e. The highest BCUT2D eigenvalue weighted by molar-refractivity contribution is 14.1. The highest BCUT2D eigenvalue weighted by Crippen LogP contribution is 2.40. The van der Waals surface area contributed by atoms with E-state index in [0.717, 1.165) is 87.4 Å². The predicted molar refractivity (Wildman–Crippen MR) is 223 cm³/mol. The van der Waals surface area contributed by atoms with Crippen LogP contribution < -0.4 is 29.6 Å². The first-order valence-corrected chi connectivity index (χ1v) is 19.9. The van der Waals surface area contributed by atoms with Crippen molar-refractivity contribution in [2.45, 2.75) is 37.8 Å². The molecule has 0 aliphatic carbocycles. The van der Waals surface area contributed by atoms with E-state index in [-0.39, 0.29) is 12.1 Å². The number of azo groups is 1. The Morgan fingerprint density at radius 2 is 0.875 bits per heavy atom. The zero-order chi connectivity index (χ0) is 33.9. The summed E-state index contributed by atoms with van der Waals surface area (Å²) in [7, 11) is 6.75. The molecule has 2 atom stereocenters. The summed E-state index contributed by atoms with van der Waals surface area (Å²) in [5.74, 6) is 3.09. The molecule has 0 amide bonds. The minimum Gasteiger partial charge on any atom is -0.493 e. The maximum Gasteiger partial charge on any atom is 0.161 e. The molecule has 0 saturated heterocycles. The molecule has 8 nitrogen and oxygen atoms in total. The number of hydrogen-bond acceptors (Lipinski definition) is 8. The van der Waals surface area contributed by atoms with Gasteiger partial charge in [-0.1, -0.05) is 0 Å². The number of nitrogens with one attached hydrogen (secondary N) is 2. The Bertz CT molecular complexity index is 1690. The van der Waals surface area contributed by atoms with Crippen LogP contribution in [0.3, 0.4) is 0 Å². The van der Waals surface area contributed by atoms with Gasteiger partial charge < -0.3 is 29.6 Å². The lowest BCUT2D eigenvalue weighted by Gasteiger charge is -2.28. The fourth-order valence-electron chi connectivity index (χ4n) is 6.54. The molecule has 4 aromatic carbocycles. The second-order valence-corrected chi connectivity index (χ2v) is 16.4. The third-order valence-corrected chi connectivity index (χ3v) is 12.2. The van der Waals surface area contributed by atoms with Gasteiger partial charge in [0.2, 0.25) is 0 Å². The van der Waals surface area contributed by atoms with Gasteiger partial charge in [0.05, 0.1) is 28.4 Å². The second kappa shape index (κ2) is 16.2. The fourth-order valence-corrected chi connectivity index (χ4v) is 10.8. The van der Waals surface area contributed by atoms with Gasteiger partial charge in [0, 0.05) is 26.4 Å². The summed E-state index contributed by atoms with van der Waals surface area (Å²) in [5, 5.41) is 17.0. The molecule has 0 saturated carbocycles. The molecule has 6 rings (SSSR count). The van der Waals surface area contributed by atoms with Gasteiger partial charge in [-0.15, -0.1) is 10.2 Å². The molecule has 0 spiro atoms. The van der Waals surface area contributed by atoms with Crippen LogP contribution in [-0.4, -0.2) is 41.5 Å². The lowest BCUT2D eigenvalue weighted by atomic mass is 9.90. The van der Waals surface area contributed by atoms with Crippen molar-refractivity contribution in [3.8, 4) is 23.0 Å². The summed E-state index contributed by atoms with van der Waals surface area (Å²) in [5.41, 5.74) is 9.45. The molecule has 0 radical (unpaired) electrons. The minimum absolute atomic E-state index is 0.191. The summed E-state index contributed by atoms with van der Waals surface area (Å²) in [6, 6.07) is 17.8. The highest BCUT2D eigenvalue weighted by atomic mass is 127. The van der Waals surface area contributed by atoms with E-state index < -0.39 is 0 Å². The third kappa shape index (κ3) is 7.87. The number of rotatable bonds is 10. The molecule has 12 heteroatoms. The van der Waals surface area contributed by atoms with E-state index in [0.29, 0.717) is 0 Å². The first kappa shape index (κ1) is 36.3. The average molecular weight is 1100 g/mol. The van der Waals surface area contributed by atoms with Crippen molar-refractivity contribution in [3.05, 3.63) is 96.2 Å². The molecule has 2 heterocycles. The fraction of sp³-hybridized carbons (Fsp3) is 0.333. The van der Waals surface area contributed by atoms with Crippen molar-refractivity contribution in [1.82, 2.24) is 10.6 Å². The summed E-state index contributed by atoms with van der Waals surface area (Å²) in [6.45, 7) is 1.86. The van der Waals surface area contributed by atoms with Crippen LogP contribution in [0.1, 0.15) is 45.5 Å². The largest absolute Gasteiger partial charge is 0.493 e. The van der Waals surface area contributed by atoms with E-state index in [2.05, 4.69) is 150 Å². The molecule has 252 valence electrons.